The van der Waals surface area contributed by atoms with Crippen LogP contribution in [0.1, 0.15) is 10.8 Å². The van der Waals surface area contributed by atoms with Gasteiger partial charge in [0.1, 0.15) is 0 Å². The molecule has 0 aromatic carbocycles. The highest BCUT2D eigenvalue weighted by Gasteiger charge is 2.35. The Kier molecular flexibility index (Phi) is 2.87. The topological polar surface area (TPSA) is 29.0 Å². The molecule has 0 bridgehead atoms. The molecule has 0 unspecified atom stereocenters. The molecule has 0 aliphatic rings. The van der Waals surface area contributed by atoms with Crippen LogP contribution in [0.5, 0.6) is 0 Å². The summed E-state index contributed by atoms with van der Waals surface area (Å²) in [5.41, 5.74) is 0. The van der Waals surface area contributed by atoms with Crippen molar-refractivity contribution in [1.82, 2.24) is 14.3 Å². The van der Waals surface area contributed by atoms with Gasteiger partial charge in [-0.2, -0.15) is 17.5 Å². The van der Waals surface area contributed by atoms with Crippen LogP contribution in [0.3, 0.4) is 0 Å². The zero-order valence-corrected chi connectivity index (χ0v) is 7.91. The smallest absolute Gasteiger partial charge is 0.302 e. The Bertz CT molecular complexity index is 281. The van der Waals surface area contributed by atoms with Gasteiger partial charge in [0, 0.05) is 0 Å². The Morgan fingerprint density at radius 3 is 2.38 bits per heavy atom. The average molecular weight is 211 g/mol. The summed E-state index contributed by atoms with van der Waals surface area (Å²) in [5, 5.41) is -0.885. The first kappa shape index (κ1) is 10.4. The van der Waals surface area contributed by atoms with E-state index in [4.69, 9.17) is 0 Å². The molecular formula is C6H8F3N3S. The van der Waals surface area contributed by atoms with E-state index < -0.39 is 11.2 Å². The molecule has 74 valence electrons. The van der Waals surface area contributed by atoms with Crippen LogP contribution < -0.4 is 0 Å². The number of aromatic nitrogens is 2. The van der Waals surface area contributed by atoms with Crippen LogP contribution in [0, 0.1) is 0 Å². The van der Waals surface area contributed by atoms with Crippen molar-refractivity contribution >= 4 is 11.5 Å². The number of hydrogen-bond acceptors (Lipinski definition) is 4. The van der Waals surface area contributed by atoms with Crippen LogP contribution in [0.15, 0.2) is 0 Å². The third kappa shape index (κ3) is 2.92. The van der Waals surface area contributed by atoms with Gasteiger partial charge in [0.05, 0.1) is 6.54 Å². The summed E-state index contributed by atoms with van der Waals surface area (Å²) in [5.74, 6) is 0.210. The van der Waals surface area contributed by atoms with Gasteiger partial charge in [0.15, 0.2) is 5.82 Å². The highest BCUT2D eigenvalue weighted by atomic mass is 32.1. The van der Waals surface area contributed by atoms with Gasteiger partial charge in [-0.3, -0.25) is 0 Å². The van der Waals surface area contributed by atoms with Crippen LogP contribution in [0.4, 0.5) is 13.2 Å². The first-order valence-corrected chi connectivity index (χ1v) is 4.21. The number of nitrogens with zero attached hydrogens (tertiary/aromatic N) is 3. The Labute approximate surface area is 77.4 Å². The zero-order valence-electron chi connectivity index (χ0n) is 7.09. The first-order chi connectivity index (χ1) is 5.89. The summed E-state index contributed by atoms with van der Waals surface area (Å²) in [7, 11) is 3.49. The van der Waals surface area contributed by atoms with E-state index in [9.17, 15) is 13.2 Å². The molecule has 1 aromatic rings. The standard InChI is InChI=1S/C6H8F3N3S/c1-12(2)3-4-10-5(13-11-4)6(7,8)9/h3H2,1-2H3. The normalized spacial score (nSPS) is 12.5. The van der Waals surface area contributed by atoms with Crippen molar-refractivity contribution in [3.63, 3.8) is 0 Å². The molecule has 1 aromatic heterocycles. The third-order valence-corrected chi connectivity index (χ3v) is 1.97. The van der Waals surface area contributed by atoms with Crippen molar-refractivity contribution in [3.05, 3.63) is 10.8 Å². The lowest BCUT2D eigenvalue weighted by Crippen LogP contribution is -2.12. The van der Waals surface area contributed by atoms with Gasteiger partial charge in [-0.1, -0.05) is 0 Å². The summed E-state index contributed by atoms with van der Waals surface area (Å²) < 4.78 is 39.7. The molecule has 0 fully saturated rings. The maximum Gasteiger partial charge on any atom is 0.444 e. The van der Waals surface area contributed by atoms with Crippen LogP contribution in [-0.4, -0.2) is 28.4 Å². The van der Waals surface area contributed by atoms with Crippen LogP contribution in [0.25, 0.3) is 0 Å². The molecule has 0 N–H and O–H groups in total. The Hall–Kier alpha value is -0.690. The molecule has 0 aliphatic carbocycles. The average Bonchev–Trinajstić information content (AvgIpc) is 2.32. The van der Waals surface area contributed by atoms with Gasteiger partial charge in [-0.05, 0) is 25.6 Å². The van der Waals surface area contributed by atoms with Crippen molar-refractivity contribution in [3.8, 4) is 0 Å². The molecule has 0 saturated heterocycles. The largest absolute Gasteiger partial charge is 0.444 e. The van der Waals surface area contributed by atoms with Crippen molar-refractivity contribution in [1.29, 1.82) is 0 Å². The summed E-state index contributed by atoms with van der Waals surface area (Å²) in [6, 6.07) is 0. The predicted molar refractivity (Wildman–Crippen MR) is 42.3 cm³/mol. The fourth-order valence-corrected chi connectivity index (χ4v) is 1.26. The SMILES string of the molecule is CN(C)Cc1nsc(C(F)(F)F)n1. The molecular weight excluding hydrogens is 203 g/mol. The minimum Gasteiger partial charge on any atom is -0.302 e. The molecule has 1 rings (SSSR count). The van der Waals surface area contributed by atoms with E-state index >= 15 is 0 Å². The molecule has 13 heavy (non-hydrogen) atoms. The fraction of sp³-hybridized carbons (Fsp3) is 0.667. The van der Waals surface area contributed by atoms with E-state index in [0.717, 1.165) is 0 Å². The molecule has 3 nitrogen and oxygen atoms in total. The minimum atomic E-state index is -4.37. The summed E-state index contributed by atoms with van der Waals surface area (Å²) in [6.45, 7) is 0.326. The minimum absolute atomic E-state index is 0.210. The number of rotatable bonds is 2. The monoisotopic (exact) mass is 211 g/mol. The second-order valence-corrected chi connectivity index (χ2v) is 3.50. The quantitative estimate of drug-likeness (QED) is 0.744. The van der Waals surface area contributed by atoms with E-state index in [1.807, 2.05) is 0 Å². The van der Waals surface area contributed by atoms with Crippen molar-refractivity contribution in [2.75, 3.05) is 14.1 Å². The van der Waals surface area contributed by atoms with Crippen molar-refractivity contribution in [2.24, 2.45) is 0 Å². The predicted octanol–water partition coefficient (Wildman–Crippen LogP) is 1.62. The Morgan fingerprint density at radius 1 is 1.38 bits per heavy atom. The van der Waals surface area contributed by atoms with Crippen LogP contribution in [0.2, 0.25) is 0 Å². The number of hydrogen-bond donors (Lipinski definition) is 0. The van der Waals surface area contributed by atoms with E-state index in [1.165, 1.54) is 0 Å². The Balaban J connectivity index is 2.75. The summed E-state index contributed by atoms with van der Waals surface area (Å²) in [6.07, 6.45) is -4.37. The lowest BCUT2D eigenvalue weighted by atomic mass is 10.5. The van der Waals surface area contributed by atoms with E-state index in [0.29, 0.717) is 18.1 Å². The fourth-order valence-electron chi connectivity index (χ4n) is 0.716. The number of alkyl halides is 3. The molecule has 0 atom stereocenters. The van der Waals surface area contributed by atoms with Gasteiger partial charge in [0.2, 0.25) is 5.01 Å². The van der Waals surface area contributed by atoms with Crippen molar-refractivity contribution in [2.45, 2.75) is 12.7 Å². The molecule has 7 heteroatoms. The first-order valence-electron chi connectivity index (χ1n) is 3.44. The third-order valence-electron chi connectivity index (χ3n) is 1.17. The molecule has 0 radical (unpaired) electrons. The van der Waals surface area contributed by atoms with Gasteiger partial charge in [0.25, 0.3) is 0 Å². The van der Waals surface area contributed by atoms with Gasteiger partial charge < -0.3 is 4.90 Å². The van der Waals surface area contributed by atoms with E-state index in [-0.39, 0.29) is 5.82 Å². The molecule has 0 saturated carbocycles. The van der Waals surface area contributed by atoms with Crippen LogP contribution >= 0.6 is 11.5 Å². The summed E-state index contributed by atoms with van der Waals surface area (Å²) in [4.78, 5) is 5.07. The molecule has 1 heterocycles. The van der Waals surface area contributed by atoms with Gasteiger partial charge in [-0.25, -0.2) is 4.98 Å². The van der Waals surface area contributed by atoms with E-state index in [1.54, 1.807) is 19.0 Å². The second kappa shape index (κ2) is 3.59. The lowest BCUT2D eigenvalue weighted by Gasteiger charge is -2.04. The molecule has 0 spiro atoms. The second-order valence-electron chi connectivity index (χ2n) is 2.75. The lowest BCUT2D eigenvalue weighted by molar-refractivity contribution is -0.137. The molecule has 0 amide bonds. The number of halogens is 3. The van der Waals surface area contributed by atoms with E-state index in [2.05, 4.69) is 9.36 Å². The molecule has 0 aliphatic heterocycles. The van der Waals surface area contributed by atoms with Gasteiger partial charge >= 0.3 is 6.18 Å². The highest BCUT2D eigenvalue weighted by molar-refractivity contribution is 7.05. The zero-order chi connectivity index (χ0) is 10.1. The summed E-state index contributed by atoms with van der Waals surface area (Å²) >= 11 is 0.386. The Morgan fingerprint density at radius 2 is 2.00 bits per heavy atom. The maximum absolute atomic E-state index is 12.0. The van der Waals surface area contributed by atoms with Crippen LogP contribution in [-0.2, 0) is 12.7 Å². The van der Waals surface area contributed by atoms with Gasteiger partial charge in [-0.15, -0.1) is 0 Å². The highest BCUT2D eigenvalue weighted by Crippen LogP contribution is 2.30. The van der Waals surface area contributed by atoms with Crippen molar-refractivity contribution < 1.29 is 13.2 Å². The maximum atomic E-state index is 12.0.